The summed E-state index contributed by atoms with van der Waals surface area (Å²) in [6.07, 6.45) is 4.04. The first-order valence-corrected chi connectivity index (χ1v) is 9.25. The average molecular weight is 333 g/mol. The Morgan fingerprint density at radius 2 is 1.70 bits per heavy atom. The summed E-state index contributed by atoms with van der Waals surface area (Å²) < 4.78 is 10.6. The molecule has 1 radical (unpaired) electrons. The molecule has 0 saturated carbocycles. The Morgan fingerprint density at radius 1 is 1.09 bits per heavy atom. The van der Waals surface area contributed by atoms with E-state index < -0.39 is 21.0 Å². The summed E-state index contributed by atoms with van der Waals surface area (Å²) in [5.41, 5.74) is 0. The Labute approximate surface area is 140 Å². The normalized spacial score (nSPS) is 11.7. The summed E-state index contributed by atoms with van der Waals surface area (Å²) in [6.45, 7) is 8.52. The first-order valence-electron chi connectivity index (χ1n) is 7.84. The van der Waals surface area contributed by atoms with E-state index in [4.69, 9.17) is 9.16 Å². The smallest absolute Gasteiger partial charge is 0.331 e. The molecule has 0 spiro atoms. The molecule has 0 bridgehead atoms. The molecule has 0 aliphatic rings. The van der Waals surface area contributed by atoms with Gasteiger partial charge in [-0.2, -0.15) is 0 Å². The Hall–Kier alpha value is -1.88. The van der Waals surface area contributed by atoms with Gasteiger partial charge in [0.05, 0.1) is 6.61 Å². The van der Waals surface area contributed by atoms with Crippen LogP contribution in [0.5, 0.6) is 0 Å². The van der Waals surface area contributed by atoms with Crippen molar-refractivity contribution in [2.75, 3.05) is 6.61 Å². The van der Waals surface area contributed by atoms with Gasteiger partial charge in [0.15, 0.2) is 0 Å². The number of hydrogen-bond donors (Lipinski definition) is 0. The number of unbranched alkanes of at least 4 members (excludes halogenated alkanes) is 1. The molecule has 0 atom stereocenters. The second kappa shape index (κ2) is 9.30. The van der Waals surface area contributed by atoms with Crippen LogP contribution in [0.25, 0.3) is 0 Å². The van der Waals surface area contributed by atoms with Gasteiger partial charge in [0.2, 0.25) is 0 Å². The predicted octanol–water partition coefficient (Wildman–Crippen LogP) is 3.13. The number of rotatable bonds is 7. The lowest BCUT2D eigenvalue weighted by atomic mass is 10.2. The first-order chi connectivity index (χ1) is 10.8. The molecule has 0 amide bonds. The number of carbonyl (C=O) groups excluding carboxylic acids is 2. The third-order valence-electron chi connectivity index (χ3n) is 3.02. The van der Waals surface area contributed by atoms with E-state index >= 15 is 0 Å². The van der Waals surface area contributed by atoms with Crippen LogP contribution in [0.2, 0.25) is 5.04 Å². The summed E-state index contributed by atoms with van der Waals surface area (Å²) in [5.74, 6) is -1.02. The standard InChI is InChI=1S/C18H25O4Si/c1-5-6-14-21-16(19)12-13-17(20)22-23(18(2,3)4)15-10-8-7-9-11-15/h7-13H,5-6,14H2,1-4H3/b13-12+. The Kier molecular flexibility index (Phi) is 7.75. The zero-order valence-corrected chi connectivity index (χ0v) is 15.3. The van der Waals surface area contributed by atoms with Gasteiger partial charge in [-0.25, -0.2) is 9.59 Å². The molecule has 0 saturated heterocycles. The molecule has 0 aliphatic carbocycles. The largest absolute Gasteiger partial charge is 0.509 e. The summed E-state index contributed by atoms with van der Waals surface area (Å²) in [4.78, 5) is 23.5. The van der Waals surface area contributed by atoms with E-state index in [0.29, 0.717) is 6.61 Å². The second-order valence-corrected chi connectivity index (χ2v) is 9.16. The molecular weight excluding hydrogens is 308 g/mol. The molecule has 125 valence electrons. The molecule has 0 aromatic heterocycles. The molecule has 0 fully saturated rings. The van der Waals surface area contributed by atoms with Gasteiger partial charge in [0.1, 0.15) is 0 Å². The quantitative estimate of drug-likeness (QED) is 0.333. The van der Waals surface area contributed by atoms with Crippen molar-refractivity contribution < 1.29 is 18.8 Å². The summed E-state index contributed by atoms with van der Waals surface area (Å²) in [7, 11) is -1.56. The minimum Gasteiger partial charge on any atom is -0.509 e. The van der Waals surface area contributed by atoms with Gasteiger partial charge >= 0.3 is 21.0 Å². The van der Waals surface area contributed by atoms with E-state index in [9.17, 15) is 9.59 Å². The van der Waals surface area contributed by atoms with Crippen LogP contribution in [0, 0.1) is 0 Å². The van der Waals surface area contributed by atoms with Crippen LogP contribution >= 0.6 is 0 Å². The Balaban J connectivity index is 2.66. The number of esters is 1. The third-order valence-corrected chi connectivity index (χ3v) is 5.64. The monoisotopic (exact) mass is 333 g/mol. The van der Waals surface area contributed by atoms with Gasteiger partial charge in [0, 0.05) is 12.2 Å². The molecule has 0 unspecified atom stereocenters. The molecule has 1 aromatic rings. The van der Waals surface area contributed by atoms with Crippen molar-refractivity contribution in [1.29, 1.82) is 0 Å². The maximum Gasteiger partial charge on any atom is 0.331 e. The van der Waals surface area contributed by atoms with E-state index in [-0.39, 0.29) is 5.04 Å². The molecule has 0 aliphatic heterocycles. The van der Waals surface area contributed by atoms with Gasteiger partial charge in [-0.3, -0.25) is 0 Å². The number of ether oxygens (including phenoxy) is 1. The number of hydrogen-bond acceptors (Lipinski definition) is 4. The van der Waals surface area contributed by atoms with Crippen molar-refractivity contribution in [1.82, 2.24) is 0 Å². The van der Waals surface area contributed by atoms with Crippen LogP contribution in [0.4, 0.5) is 0 Å². The fourth-order valence-electron chi connectivity index (χ4n) is 1.87. The molecular formula is C18H25O4Si. The van der Waals surface area contributed by atoms with Crippen LogP contribution < -0.4 is 5.19 Å². The molecule has 23 heavy (non-hydrogen) atoms. The summed E-state index contributed by atoms with van der Waals surface area (Å²) in [6, 6.07) is 9.73. The van der Waals surface area contributed by atoms with E-state index in [0.717, 1.165) is 30.2 Å². The van der Waals surface area contributed by atoms with Crippen molar-refractivity contribution in [3.8, 4) is 0 Å². The van der Waals surface area contributed by atoms with Gasteiger partial charge in [-0.05, 0) is 16.6 Å². The highest BCUT2D eigenvalue weighted by Gasteiger charge is 2.34. The van der Waals surface area contributed by atoms with Crippen LogP contribution in [-0.4, -0.2) is 27.6 Å². The van der Waals surface area contributed by atoms with Gasteiger partial charge in [0.25, 0.3) is 0 Å². The number of benzene rings is 1. The molecule has 1 aromatic carbocycles. The molecule has 0 N–H and O–H groups in total. The average Bonchev–Trinajstić information content (AvgIpc) is 2.50. The molecule has 0 heterocycles. The fourth-order valence-corrected chi connectivity index (χ4v) is 3.92. The maximum absolute atomic E-state index is 12.0. The fraction of sp³-hybridized carbons (Fsp3) is 0.444. The first kappa shape index (κ1) is 19.2. The van der Waals surface area contributed by atoms with Crippen LogP contribution in [0.3, 0.4) is 0 Å². The van der Waals surface area contributed by atoms with Gasteiger partial charge in [-0.1, -0.05) is 64.4 Å². The van der Waals surface area contributed by atoms with E-state index in [1.165, 1.54) is 0 Å². The van der Waals surface area contributed by atoms with Crippen molar-refractivity contribution in [3.63, 3.8) is 0 Å². The number of carbonyl (C=O) groups is 2. The third kappa shape index (κ3) is 7.28. The van der Waals surface area contributed by atoms with Crippen molar-refractivity contribution >= 4 is 26.2 Å². The van der Waals surface area contributed by atoms with E-state index in [1.807, 2.05) is 58.0 Å². The van der Waals surface area contributed by atoms with E-state index in [1.54, 1.807) is 0 Å². The zero-order chi connectivity index (χ0) is 17.3. The Bertz CT molecular complexity index is 532. The van der Waals surface area contributed by atoms with Crippen molar-refractivity contribution in [2.24, 2.45) is 0 Å². The molecule has 4 nitrogen and oxygen atoms in total. The highest BCUT2D eigenvalue weighted by atomic mass is 28.3. The van der Waals surface area contributed by atoms with E-state index in [2.05, 4.69) is 0 Å². The predicted molar refractivity (Wildman–Crippen MR) is 92.6 cm³/mol. The second-order valence-electron chi connectivity index (χ2n) is 6.22. The SMILES string of the molecule is CCCCOC(=O)/C=C/C(=O)O[Si](c1ccccc1)C(C)(C)C. The molecule has 5 heteroatoms. The van der Waals surface area contributed by atoms with Gasteiger partial charge < -0.3 is 9.16 Å². The minimum atomic E-state index is -1.56. The van der Waals surface area contributed by atoms with Crippen molar-refractivity contribution in [3.05, 3.63) is 42.5 Å². The summed E-state index contributed by atoms with van der Waals surface area (Å²) >= 11 is 0. The molecule has 1 rings (SSSR count). The van der Waals surface area contributed by atoms with Crippen LogP contribution in [0.1, 0.15) is 40.5 Å². The van der Waals surface area contributed by atoms with Gasteiger partial charge in [-0.15, -0.1) is 0 Å². The van der Waals surface area contributed by atoms with Crippen LogP contribution in [-0.2, 0) is 18.8 Å². The lowest BCUT2D eigenvalue weighted by molar-refractivity contribution is -0.138. The van der Waals surface area contributed by atoms with Crippen LogP contribution in [0.15, 0.2) is 42.5 Å². The van der Waals surface area contributed by atoms with Crippen molar-refractivity contribution in [2.45, 2.75) is 45.6 Å². The topological polar surface area (TPSA) is 52.6 Å². The highest BCUT2D eigenvalue weighted by Crippen LogP contribution is 2.27. The summed E-state index contributed by atoms with van der Waals surface area (Å²) in [5, 5.41) is 0.870. The minimum absolute atomic E-state index is 0.156. The lowest BCUT2D eigenvalue weighted by Gasteiger charge is -2.27. The zero-order valence-electron chi connectivity index (χ0n) is 14.3. The maximum atomic E-state index is 12.0. The highest BCUT2D eigenvalue weighted by molar-refractivity contribution is 6.71. The Morgan fingerprint density at radius 3 is 2.26 bits per heavy atom. The lowest BCUT2D eigenvalue weighted by Crippen LogP contribution is -2.42.